The number of carbonyl (C=O) groups is 1. The molecule has 1 atom stereocenters. The van der Waals surface area contributed by atoms with E-state index >= 15 is 0 Å². The van der Waals surface area contributed by atoms with E-state index in [9.17, 15) is 4.79 Å². The highest BCUT2D eigenvalue weighted by Crippen LogP contribution is 2.32. The number of para-hydroxylation sites is 1. The van der Waals surface area contributed by atoms with Gasteiger partial charge in [0, 0.05) is 42.5 Å². The van der Waals surface area contributed by atoms with Crippen LogP contribution in [0.5, 0.6) is 5.75 Å². The Balaban J connectivity index is 1.46. The number of nitrogens with two attached hydrogens (primary N) is 1. The Kier molecular flexibility index (Phi) is 6.35. The summed E-state index contributed by atoms with van der Waals surface area (Å²) in [4.78, 5) is 23.3. The number of hydrogen-bond donors (Lipinski definition) is 1. The minimum atomic E-state index is -0.440. The fraction of sp³-hybridized carbons (Fsp3) is 0.292. The highest BCUT2D eigenvalue weighted by atomic mass is 16.5. The average molecular weight is 402 g/mol. The summed E-state index contributed by atoms with van der Waals surface area (Å²) in [6.45, 7) is 3.50. The average Bonchev–Trinajstić information content (AvgIpc) is 2.80. The zero-order chi connectivity index (χ0) is 20.8. The van der Waals surface area contributed by atoms with Gasteiger partial charge < -0.3 is 10.5 Å². The number of carbonyl (C=O) groups excluding carboxylic acids is 1. The molecule has 6 nitrogen and oxygen atoms in total. The second-order valence-electron chi connectivity index (χ2n) is 7.54. The molecule has 0 unspecified atom stereocenters. The number of amides is 1. The first-order chi connectivity index (χ1) is 14.7. The molecule has 1 amide bonds. The minimum absolute atomic E-state index is 0.288. The van der Waals surface area contributed by atoms with Crippen molar-refractivity contribution < 1.29 is 9.53 Å². The van der Waals surface area contributed by atoms with Gasteiger partial charge >= 0.3 is 0 Å². The van der Waals surface area contributed by atoms with Gasteiger partial charge in [-0.2, -0.15) is 0 Å². The summed E-state index contributed by atoms with van der Waals surface area (Å²) in [6, 6.07) is 17.2. The van der Waals surface area contributed by atoms with Crippen molar-refractivity contribution in [3.05, 3.63) is 78.2 Å². The van der Waals surface area contributed by atoms with Crippen LogP contribution in [-0.2, 0) is 0 Å². The van der Waals surface area contributed by atoms with Crippen LogP contribution >= 0.6 is 0 Å². The first-order valence-corrected chi connectivity index (χ1v) is 10.3. The van der Waals surface area contributed by atoms with Crippen molar-refractivity contribution in [2.45, 2.75) is 18.8 Å². The van der Waals surface area contributed by atoms with E-state index in [1.54, 1.807) is 24.5 Å². The van der Waals surface area contributed by atoms with Gasteiger partial charge in [0.2, 0.25) is 5.91 Å². The summed E-state index contributed by atoms with van der Waals surface area (Å²) < 4.78 is 5.86. The number of aromatic nitrogens is 2. The molecule has 1 saturated heterocycles. The van der Waals surface area contributed by atoms with Crippen LogP contribution in [0.4, 0.5) is 0 Å². The van der Waals surface area contributed by atoms with Crippen LogP contribution in [0.25, 0.3) is 11.3 Å². The second-order valence-corrected chi connectivity index (χ2v) is 7.54. The number of primary amides is 1. The molecular weight excluding hydrogens is 376 g/mol. The fourth-order valence-electron chi connectivity index (χ4n) is 3.98. The van der Waals surface area contributed by atoms with Crippen molar-refractivity contribution in [2.75, 3.05) is 26.2 Å². The Hall–Kier alpha value is -3.25. The van der Waals surface area contributed by atoms with Crippen LogP contribution in [0.1, 0.15) is 34.8 Å². The van der Waals surface area contributed by atoms with Crippen molar-refractivity contribution in [1.82, 2.24) is 14.9 Å². The lowest BCUT2D eigenvalue weighted by atomic mass is 9.91. The predicted molar refractivity (Wildman–Crippen MR) is 116 cm³/mol. The Morgan fingerprint density at radius 2 is 1.93 bits per heavy atom. The number of likely N-dealkylation sites (tertiary alicyclic amines) is 1. The molecule has 4 rings (SSSR count). The standard InChI is InChI=1S/C24H26N4O2/c25-24(29)19-7-4-6-18(16-19)22-23(27-12-11-26-22)20-8-5-13-28(17-20)14-15-30-21-9-2-1-3-10-21/h1-4,6-7,9-12,16,20H,5,8,13-15,17H2,(H2,25,29)/t20-/m1/s1. The Morgan fingerprint density at radius 1 is 1.10 bits per heavy atom. The molecule has 0 bridgehead atoms. The summed E-state index contributed by atoms with van der Waals surface area (Å²) in [5, 5.41) is 0. The molecule has 0 aliphatic carbocycles. The Bertz CT molecular complexity index is 993. The molecule has 1 aliphatic rings. The summed E-state index contributed by atoms with van der Waals surface area (Å²) in [5.74, 6) is 0.748. The number of hydrogen-bond acceptors (Lipinski definition) is 5. The number of ether oxygens (including phenoxy) is 1. The normalized spacial score (nSPS) is 16.9. The molecule has 3 aromatic rings. The lowest BCUT2D eigenvalue weighted by Gasteiger charge is -2.32. The van der Waals surface area contributed by atoms with Gasteiger partial charge in [-0.15, -0.1) is 0 Å². The number of rotatable bonds is 7. The lowest BCUT2D eigenvalue weighted by molar-refractivity contribution is 0.100. The van der Waals surface area contributed by atoms with Gasteiger partial charge in [0.15, 0.2) is 0 Å². The van der Waals surface area contributed by atoms with Crippen molar-refractivity contribution in [1.29, 1.82) is 0 Å². The summed E-state index contributed by atoms with van der Waals surface area (Å²) in [5.41, 5.74) is 8.61. The topological polar surface area (TPSA) is 81.3 Å². The van der Waals surface area contributed by atoms with Crippen LogP contribution in [0.2, 0.25) is 0 Å². The third kappa shape index (κ3) is 4.83. The van der Waals surface area contributed by atoms with Gasteiger partial charge in [0.05, 0.1) is 11.4 Å². The summed E-state index contributed by atoms with van der Waals surface area (Å²) in [6.07, 6.45) is 5.61. The first-order valence-electron chi connectivity index (χ1n) is 10.3. The van der Waals surface area contributed by atoms with Crippen LogP contribution in [-0.4, -0.2) is 47.0 Å². The van der Waals surface area contributed by atoms with Gasteiger partial charge in [-0.1, -0.05) is 30.3 Å². The van der Waals surface area contributed by atoms with E-state index in [0.717, 1.165) is 55.2 Å². The molecule has 154 valence electrons. The predicted octanol–water partition coefficient (Wildman–Crippen LogP) is 3.50. The monoisotopic (exact) mass is 402 g/mol. The fourth-order valence-corrected chi connectivity index (χ4v) is 3.98. The highest BCUT2D eigenvalue weighted by molar-refractivity contribution is 5.94. The quantitative estimate of drug-likeness (QED) is 0.654. The molecule has 2 aromatic carbocycles. The molecule has 30 heavy (non-hydrogen) atoms. The molecule has 1 fully saturated rings. The van der Waals surface area contributed by atoms with Gasteiger partial charge in [0.1, 0.15) is 12.4 Å². The SMILES string of the molecule is NC(=O)c1cccc(-c2nccnc2[C@@H]2CCCN(CCOc3ccccc3)C2)c1. The zero-order valence-corrected chi connectivity index (χ0v) is 16.9. The maximum Gasteiger partial charge on any atom is 0.248 e. The third-order valence-corrected chi connectivity index (χ3v) is 5.46. The molecule has 0 spiro atoms. The number of benzene rings is 2. The summed E-state index contributed by atoms with van der Waals surface area (Å²) >= 11 is 0. The van der Waals surface area contributed by atoms with Crippen LogP contribution in [0.3, 0.4) is 0 Å². The van der Waals surface area contributed by atoms with E-state index in [2.05, 4.69) is 14.9 Å². The van der Waals surface area contributed by atoms with E-state index in [-0.39, 0.29) is 5.92 Å². The molecule has 6 heteroatoms. The Morgan fingerprint density at radius 3 is 2.77 bits per heavy atom. The largest absolute Gasteiger partial charge is 0.492 e. The van der Waals surface area contributed by atoms with Crippen molar-refractivity contribution in [3.63, 3.8) is 0 Å². The third-order valence-electron chi connectivity index (χ3n) is 5.46. The maximum absolute atomic E-state index is 11.6. The van der Waals surface area contributed by atoms with Gasteiger partial charge in [-0.05, 0) is 43.7 Å². The van der Waals surface area contributed by atoms with E-state index in [1.807, 2.05) is 42.5 Å². The van der Waals surface area contributed by atoms with Gasteiger partial charge in [-0.25, -0.2) is 0 Å². The van der Waals surface area contributed by atoms with Crippen molar-refractivity contribution in [2.24, 2.45) is 5.73 Å². The van der Waals surface area contributed by atoms with Gasteiger partial charge in [-0.3, -0.25) is 19.7 Å². The zero-order valence-electron chi connectivity index (χ0n) is 16.9. The maximum atomic E-state index is 11.6. The molecule has 0 radical (unpaired) electrons. The smallest absolute Gasteiger partial charge is 0.248 e. The van der Waals surface area contributed by atoms with Crippen molar-refractivity contribution >= 4 is 5.91 Å². The lowest BCUT2D eigenvalue weighted by Crippen LogP contribution is -2.37. The van der Waals surface area contributed by atoms with E-state index in [4.69, 9.17) is 10.5 Å². The van der Waals surface area contributed by atoms with E-state index < -0.39 is 5.91 Å². The highest BCUT2D eigenvalue weighted by Gasteiger charge is 2.25. The number of nitrogens with zero attached hydrogens (tertiary/aromatic N) is 3. The second kappa shape index (κ2) is 9.50. The van der Waals surface area contributed by atoms with Crippen LogP contribution in [0, 0.1) is 0 Å². The molecular formula is C24H26N4O2. The van der Waals surface area contributed by atoms with Crippen LogP contribution < -0.4 is 10.5 Å². The van der Waals surface area contributed by atoms with E-state index in [0.29, 0.717) is 12.2 Å². The molecule has 2 N–H and O–H groups in total. The number of piperidine rings is 1. The minimum Gasteiger partial charge on any atom is -0.492 e. The Labute approximate surface area is 176 Å². The molecule has 0 saturated carbocycles. The molecule has 1 aromatic heterocycles. The van der Waals surface area contributed by atoms with Crippen LogP contribution in [0.15, 0.2) is 67.0 Å². The first kappa shape index (κ1) is 20.0. The van der Waals surface area contributed by atoms with Gasteiger partial charge in [0.25, 0.3) is 0 Å². The molecule has 2 heterocycles. The molecule has 1 aliphatic heterocycles. The summed E-state index contributed by atoms with van der Waals surface area (Å²) in [7, 11) is 0. The van der Waals surface area contributed by atoms with E-state index in [1.165, 1.54) is 0 Å². The van der Waals surface area contributed by atoms with Crippen molar-refractivity contribution in [3.8, 4) is 17.0 Å².